The maximum Gasteiger partial charge on any atom is 0.175 e. The van der Waals surface area contributed by atoms with E-state index >= 15 is 0 Å². The molecule has 0 heterocycles. The standard InChI is InChI=1S/C16H16BrCl2NO2/c1-20-8-11-5-12(17)16(15(7-11)21-2)22-9-10-3-4-13(18)14(19)6-10/h3-7,20H,8-9H2,1-2H3. The van der Waals surface area contributed by atoms with Crippen LogP contribution in [0.3, 0.4) is 0 Å². The number of hydrogen-bond acceptors (Lipinski definition) is 3. The highest BCUT2D eigenvalue weighted by atomic mass is 79.9. The smallest absolute Gasteiger partial charge is 0.175 e. The topological polar surface area (TPSA) is 30.5 Å². The minimum absolute atomic E-state index is 0.372. The van der Waals surface area contributed by atoms with E-state index in [2.05, 4.69) is 21.2 Å². The van der Waals surface area contributed by atoms with Gasteiger partial charge < -0.3 is 14.8 Å². The van der Waals surface area contributed by atoms with Gasteiger partial charge in [-0.05, 0) is 58.4 Å². The quantitative estimate of drug-likeness (QED) is 0.729. The van der Waals surface area contributed by atoms with Crippen LogP contribution >= 0.6 is 39.1 Å². The Bertz CT molecular complexity index is 665. The fourth-order valence-electron chi connectivity index (χ4n) is 2.00. The highest BCUT2D eigenvalue weighted by Crippen LogP contribution is 2.37. The second-order valence-corrected chi connectivity index (χ2v) is 6.35. The molecule has 0 spiro atoms. The van der Waals surface area contributed by atoms with Crippen LogP contribution in [0.15, 0.2) is 34.8 Å². The maximum atomic E-state index is 6.01. The number of methoxy groups -OCH3 is 1. The van der Waals surface area contributed by atoms with Gasteiger partial charge in [-0.3, -0.25) is 0 Å². The van der Waals surface area contributed by atoms with Crippen molar-refractivity contribution >= 4 is 39.1 Å². The summed E-state index contributed by atoms with van der Waals surface area (Å²) in [4.78, 5) is 0. The molecule has 0 atom stereocenters. The first-order valence-electron chi connectivity index (χ1n) is 6.63. The summed E-state index contributed by atoms with van der Waals surface area (Å²) in [5.74, 6) is 1.34. The Kier molecular flexibility index (Phi) is 6.38. The molecule has 0 amide bonds. The van der Waals surface area contributed by atoms with E-state index in [-0.39, 0.29) is 0 Å². The first kappa shape index (κ1) is 17.4. The molecule has 0 aliphatic carbocycles. The van der Waals surface area contributed by atoms with Crippen molar-refractivity contribution < 1.29 is 9.47 Å². The fraction of sp³-hybridized carbons (Fsp3) is 0.250. The minimum atomic E-state index is 0.372. The van der Waals surface area contributed by atoms with Crippen LogP contribution in [0.5, 0.6) is 11.5 Å². The lowest BCUT2D eigenvalue weighted by atomic mass is 10.2. The predicted molar refractivity (Wildman–Crippen MR) is 94.3 cm³/mol. The number of hydrogen-bond donors (Lipinski definition) is 1. The van der Waals surface area contributed by atoms with E-state index in [1.165, 1.54) is 0 Å². The van der Waals surface area contributed by atoms with E-state index in [1.807, 2.05) is 25.2 Å². The Morgan fingerprint density at radius 1 is 1.09 bits per heavy atom. The van der Waals surface area contributed by atoms with Crippen molar-refractivity contribution in [3.63, 3.8) is 0 Å². The van der Waals surface area contributed by atoms with E-state index in [0.717, 1.165) is 22.1 Å². The average molecular weight is 405 g/mol. The Morgan fingerprint density at radius 2 is 1.86 bits per heavy atom. The maximum absolute atomic E-state index is 6.01. The van der Waals surface area contributed by atoms with Gasteiger partial charge in [0.05, 0.1) is 21.6 Å². The summed E-state index contributed by atoms with van der Waals surface area (Å²) in [6.45, 7) is 1.12. The molecule has 6 heteroatoms. The van der Waals surface area contributed by atoms with Gasteiger partial charge in [0.25, 0.3) is 0 Å². The molecule has 0 saturated carbocycles. The van der Waals surface area contributed by atoms with Gasteiger partial charge in [-0.15, -0.1) is 0 Å². The molecule has 1 N–H and O–H groups in total. The van der Waals surface area contributed by atoms with E-state index in [9.17, 15) is 0 Å². The zero-order chi connectivity index (χ0) is 16.1. The first-order chi connectivity index (χ1) is 10.5. The molecular formula is C16H16BrCl2NO2. The highest BCUT2D eigenvalue weighted by Gasteiger charge is 2.12. The third kappa shape index (κ3) is 4.29. The summed E-state index contributed by atoms with van der Waals surface area (Å²) < 4.78 is 12.1. The lowest BCUT2D eigenvalue weighted by Crippen LogP contribution is -2.06. The molecule has 2 aromatic rings. The number of nitrogens with one attached hydrogen (secondary N) is 1. The summed E-state index contributed by atoms with van der Waals surface area (Å²) >= 11 is 15.5. The molecule has 118 valence electrons. The summed E-state index contributed by atoms with van der Waals surface area (Å²) in [5.41, 5.74) is 2.04. The van der Waals surface area contributed by atoms with Crippen molar-refractivity contribution in [1.82, 2.24) is 5.32 Å². The molecule has 0 bridgehead atoms. The van der Waals surface area contributed by atoms with Gasteiger partial charge in [-0.1, -0.05) is 29.3 Å². The molecule has 0 aromatic heterocycles. The highest BCUT2D eigenvalue weighted by molar-refractivity contribution is 9.10. The summed E-state index contributed by atoms with van der Waals surface area (Å²) in [6, 6.07) is 9.38. The van der Waals surface area contributed by atoms with Gasteiger partial charge in [-0.25, -0.2) is 0 Å². The molecule has 0 aliphatic rings. The second kappa shape index (κ2) is 8.06. The van der Waals surface area contributed by atoms with Crippen molar-refractivity contribution in [2.45, 2.75) is 13.2 Å². The van der Waals surface area contributed by atoms with Gasteiger partial charge >= 0.3 is 0 Å². The Morgan fingerprint density at radius 3 is 2.50 bits per heavy atom. The lowest BCUT2D eigenvalue weighted by molar-refractivity contribution is 0.282. The molecule has 0 radical (unpaired) electrons. The Hall–Kier alpha value is -0.940. The van der Waals surface area contributed by atoms with Gasteiger partial charge in [0, 0.05) is 6.54 Å². The molecule has 2 aromatic carbocycles. The number of halogens is 3. The molecule has 0 aliphatic heterocycles. The Labute approximate surface area is 148 Å². The van der Waals surface area contributed by atoms with E-state index in [0.29, 0.717) is 28.2 Å². The van der Waals surface area contributed by atoms with Crippen molar-refractivity contribution in [2.24, 2.45) is 0 Å². The van der Waals surface area contributed by atoms with Crippen LogP contribution in [0.25, 0.3) is 0 Å². The third-order valence-electron chi connectivity index (χ3n) is 3.04. The number of benzene rings is 2. The van der Waals surface area contributed by atoms with Crippen LogP contribution in [-0.4, -0.2) is 14.2 Å². The molecular weight excluding hydrogens is 389 g/mol. The first-order valence-corrected chi connectivity index (χ1v) is 8.17. The zero-order valence-corrected chi connectivity index (χ0v) is 15.3. The van der Waals surface area contributed by atoms with Crippen LogP contribution in [-0.2, 0) is 13.2 Å². The van der Waals surface area contributed by atoms with Crippen molar-refractivity contribution in [1.29, 1.82) is 0 Å². The largest absolute Gasteiger partial charge is 0.493 e. The van der Waals surface area contributed by atoms with Gasteiger partial charge in [-0.2, -0.15) is 0 Å². The molecule has 22 heavy (non-hydrogen) atoms. The number of ether oxygens (including phenoxy) is 2. The average Bonchev–Trinajstić information content (AvgIpc) is 2.49. The van der Waals surface area contributed by atoms with Crippen LogP contribution in [0, 0.1) is 0 Å². The molecule has 0 unspecified atom stereocenters. The second-order valence-electron chi connectivity index (χ2n) is 4.68. The van der Waals surface area contributed by atoms with E-state index in [1.54, 1.807) is 19.2 Å². The monoisotopic (exact) mass is 403 g/mol. The van der Waals surface area contributed by atoms with Gasteiger partial charge in [0.1, 0.15) is 6.61 Å². The molecule has 3 nitrogen and oxygen atoms in total. The summed E-state index contributed by atoms with van der Waals surface area (Å²) in [5, 5.41) is 4.15. The van der Waals surface area contributed by atoms with E-state index < -0.39 is 0 Å². The predicted octanol–water partition coefficient (Wildman–Crippen LogP) is 5.06. The number of rotatable bonds is 6. The summed E-state index contributed by atoms with van der Waals surface area (Å²) in [6.07, 6.45) is 0. The fourth-order valence-corrected chi connectivity index (χ4v) is 2.93. The molecule has 0 fully saturated rings. The van der Waals surface area contributed by atoms with Gasteiger partial charge in [0.15, 0.2) is 11.5 Å². The zero-order valence-electron chi connectivity index (χ0n) is 12.3. The SMILES string of the molecule is CNCc1cc(Br)c(OCc2ccc(Cl)c(Cl)c2)c(OC)c1. The molecule has 0 saturated heterocycles. The van der Waals surface area contributed by atoms with Crippen molar-refractivity contribution in [3.8, 4) is 11.5 Å². The molecule has 2 rings (SSSR count). The van der Waals surface area contributed by atoms with Crippen molar-refractivity contribution in [2.75, 3.05) is 14.2 Å². The van der Waals surface area contributed by atoms with E-state index in [4.69, 9.17) is 32.7 Å². The summed E-state index contributed by atoms with van der Waals surface area (Å²) in [7, 11) is 3.52. The van der Waals surface area contributed by atoms with Crippen LogP contribution in [0.2, 0.25) is 10.0 Å². The minimum Gasteiger partial charge on any atom is -0.493 e. The lowest BCUT2D eigenvalue weighted by Gasteiger charge is -2.14. The normalized spacial score (nSPS) is 10.6. The third-order valence-corrected chi connectivity index (χ3v) is 4.37. The van der Waals surface area contributed by atoms with Crippen LogP contribution in [0.1, 0.15) is 11.1 Å². The Balaban J connectivity index is 2.19. The van der Waals surface area contributed by atoms with Gasteiger partial charge in [0.2, 0.25) is 0 Å². The van der Waals surface area contributed by atoms with Crippen LogP contribution < -0.4 is 14.8 Å². The van der Waals surface area contributed by atoms with Crippen LogP contribution in [0.4, 0.5) is 0 Å². The van der Waals surface area contributed by atoms with Crippen molar-refractivity contribution in [3.05, 3.63) is 56.0 Å².